The van der Waals surface area contributed by atoms with Gasteiger partial charge in [-0.05, 0) is 42.8 Å². The first-order chi connectivity index (χ1) is 10.1. The van der Waals surface area contributed by atoms with Crippen molar-refractivity contribution in [2.45, 2.75) is 13.5 Å². The molecule has 0 radical (unpaired) electrons. The number of hydrogen-bond acceptors (Lipinski definition) is 4. The summed E-state index contributed by atoms with van der Waals surface area (Å²) in [6.07, 6.45) is 0. The molecule has 3 rings (SSSR count). The average Bonchev–Trinajstić information content (AvgIpc) is 2.48. The minimum absolute atomic E-state index is 0.153. The van der Waals surface area contributed by atoms with E-state index in [1.165, 1.54) is 0 Å². The molecule has 0 atom stereocenters. The molecule has 106 valence electrons. The van der Waals surface area contributed by atoms with Gasteiger partial charge >= 0.3 is 0 Å². The predicted octanol–water partition coefficient (Wildman–Crippen LogP) is 2.39. The Bertz CT molecular complexity index is 838. The smallest absolute Gasteiger partial charge is 0.258 e. The van der Waals surface area contributed by atoms with Gasteiger partial charge in [0.25, 0.3) is 5.56 Å². The number of anilines is 1. The highest BCUT2D eigenvalue weighted by molar-refractivity contribution is 5.80. The summed E-state index contributed by atoms with van der Waals surface area (Å²) in [4.78, 5) is 19.2. The summed E-state index contributed by atoms with van der Waals surface area (Å²) in [7, 11) is 0. The third-order valence-corrected chi connectivity index (χ3v) is 3.24. The number of aryl methyl sites for hydroxylation is 1. The van der Waals surface area contributed by atoms with Gasteiger partial charge in [-0.15, -0.1) is 0 Å². The van der Waals surface area contributed by atoms with Gasteiger partial charge in [-0.3, -0.25) is 4.79 Å². The van der Waals surface area contributed by atoms with Crippen LogP contribution in [-0.2, 0) is 6.61 Å². The highest BCUT2D eigenvalue weighted by Gasteiger charge is 2.06. The molecule has 0 saturated heterocycles. The zero-order valence-corrected chi connectivity index (χ0v) is 11.6. The van der Waals surface area contributed by atoms with E-state index in [9.17, 15) is 4.79 Å². The molecular weight excluding hydrogens is 266 g/mol. The van der Waals surface area contributed by atoms with Gasteiger partial charge in [-0.25, -0.2) is 4.98 Å². The summed E-state index contributed by atoms with van der Waals surface area (Å²) in [5.41, 5.74) is 7.81. The summed E-state index contributed by atoms with van der Waals surface area (Å²) in [5.74, 6) is 1.18. The fraction of sp³-hybridized carbons (Fsp3) is 0.125. The highest BCUT2D eigenvalue weighted by atomic mass is 16.5. The van der Waals surface area contributed by atoms with E-state index in [1.54, 1.807) is 30.3 Å². The van der Waals surface area contributed by atoms with Crippen LogP contribution >= 0.6 is 0 Å². The molecule has 0 amide bonds. The monoisotopic (exact) mass is 281 g/mol. The molecule has 5 nitrogen and oxygen atoms in total. The van der Waals surface area contributed by atoms with E-state index in [-0.39, 0.29) is 12.2 Å². The number of hydrogen-bond donors (Lipinski definition) is 2. The number of H-pyrrole nitrogens is 1. The number of aromatic amines is 1. The number of fused-ring (bicyclic) bond motifs is 1. The van der Waals surface area contributed by atoms with Crippen molar-refractivity contribution in [3.05, 3.63) is 64.2 Å². The summed E-state index contributed by atoms with van der Waals surface area (Å²) < 4.78 is 5.60. The van der Waals surface area contributed by atoms with E-state index < -0.39 is 0 Å². The molecule has 3 N–H and O–H groups in total. The Balaban J connectivity index is 1.89. The largest absolute Gasteiger partial charge is 0.486 e. The third-order valence-electron chi connectivity index (χ3n) is 3.24. The molecule has 3 aromatic rings. The van der Waals surface area contributed by atoms with Gasteiger partial charge in [0, 0.05) is 5.69 Å². The van der Waals surface area contributed by atoms with Crippen LogP contribution in [0.5, 0.6) is 5.75 Å². The Labute approximate surface area is 121 Å². The molecule has 21 heavy (non-hydrogen) atoms. The van der Waals surface area contributed by atoms with Crippen molar-refractivity contribution >= 4 is 16.6 Å². The number of ether oxygens (including phenoxy) is 1. The van der Waals surface area contributed by atoms with Gasteiger partial charge in [0.15, 0.2) is 0 Å². The topological polar surface area (TPSA) is 81.0 Å². The van der Waals surface area contributed by atoms with Gasteiger partial charge in [0.2, 0.25) is 0 Å². The second-order valence-corrected chi connectivity index (χ2v) is 4.84. The molecule has 0 aliphatic carbocycles. The van der Waals surface area contributed by atoms with Crippen molar-refractivity contribution in [2.24, 2.45) is 0 Å². The fourth-order valence-corrected chi connectivity index (χ4v) is 2.14. The lowest BCUT2D eigenvalue weighted by atomic mass is 10.1. The zero-order chi connectivity index (χ0) is 14.8. The number of nitrogens with one attached hydrogen (secondary N) is 1. The Morgan fingerprint density at radius 1 is 1.19 bits per heavy atom. The van der Waals surface area contributed by atoms with Crippen LogP contribution in [0.2, 0.25) is 0 Å². The molecule has 0 aliphatic rings. The number of rotatable bonds is 3. The van der Waals surface area contributed by atoms with Gasteiger partial charge in [0.1, 0.15) is 18.2 Å². The summed E-state index contributed by atoms with van der Waals surface area (Å²) in [6, 6.07) is 12.6. The maximum absolute atomic E-state index is 12.0. The second kappa shape index (κ2) is 5.28. The fourth-order valence-electron chi connectivity index (χ4n) is 2.14. The van der Waals surface area contributed by atoms with Crippen molar-refractivity contribution in [1.29, 1.82) is 0 Å². The Morgan fingerprint density at radius 2 is 1.95 bits per heavy atom. The van der Waals surface area contributed by atoms with Crippen molar-refractivity contribution in [2.75, 3.05) is 5.73 Å². The molecule has 2 aromatic carbocycles. The Kier molecular flexibility index (Phi) is 3.31. The Morgan fingerprint density at radius 3 is 2.71 bits per heavy atom. The zero-order valence-electron chi connectivity index (χ0n) is 11.6. The van der Waals surface area contributed by atoms with Crippen LogP contribution in [0.15, 0.2) is 47.3 Å². The van der Waals surface area contributed by atoms with Crippen LogP contribution in [0.3, 0.4) is 0 Å². The van der Waals surface area contributed by atoms with Crippen LogP contribution < -0.4 is 16.0 Å². The average molecular weight is 281 g/mol. The van der Waals surface area contributed by atoms with Crippen LogP contribution in [0.25, 0.3) is 10.9 Å². The first-order valence-electron chi connectivity index (χ1n) is 6.60. The summed E-state index contributed by atoms with van der Waals surface area (Å²) in [6.45, 7) is 2.13. The maximum Gasteiger partial charge on any atom is 0.258 e. The molecule has 0 bridgehead atoms. The van der Waals surface area contributed by atoms with Crippen molar-refractivity contribution < 1.29 is 4.74 Å². The van der Waals surface area contributed by atoms with Gasteiger partial charge in [0.05, 0.1) is 10.9 Å². The van der Waals surface area contributed by atoms with E-state index in [4.69, 9.17) is 10.5 Å². The minimum atomic E-state index is -0.153. The van der Waals surface area contributed by atoms with Gasteiger partial charge < -0.3 is 15.5 Å². The van der Waals surface area contributed by atoms with Crippen molar-refractivity contribution in [3.8, 4) is 5.75 Å². The molecule has 1 aromatic heterocycles. The van der Waals surface area contributed by atoms with E-state index in [2.05, 4.69) is 9.97 Å². The first kappa shape index (κ1) is 13.2. The number of aromatic nitrogens is 2. The minimum Gasteiger partial charge on any atom is -0.486 e. The van der Waals surface area contributed by atoms with Gasteiger partial charge in [-0.1, -0.05) is 12.1 Å². The van der Waals surface area contributed by atoms with Crippen LogP contribution in [0, 0.1) is 6.92 Å². The maximum atomic E-state index is 12.0. The second-order valence-electron chi connectivity index (χ2n) is 4.84. The summed E-state index contributed by atoms with van der Waals surface area (Å²) >= 11 is 0. The Hall–Kier alpha value is -2.82. The standard InChI is InChI=1S/C16H15N3O2/c1-10-3-2-4-13-15(10)18-14(19-16(13)20)9-21-12-7-5-11(17)6-8-12/h2-8H,9,17H2,1H3,(H,18,19,20). The van der Waals surface area contributed by atoms with Crippen molar-refractivity contribution in [3.63, 3.8) is 0 Å². The van der Waals surface area contributed by atoms with E-state index in [0.29, 0.717) is 28.2 Å². The molecule has 0 spiro atoms. The molecule has 0 aliphatic heterocycles. The number of nitrogen functional groups attached to an aromatic ring is 1. The predicted molar refractivity (Wildman–Crippen MR) is 82.3 cm³/mol. The molecule has 0 unspecified atom stereocenters. The van der Waals surface area contributed by atoms with Gasteiger partial charge in [-0.2, -0.15) is 0 Å². The van der Waals surface area contributed by atoms with E-state index >= 15 is 0 Å². The lowest BCUT2D eigenvalue weighted by molar-refractivity contribution is 0.296. The molecular formula is C16H15N3O2. The molecule has 1 heterocycles. The quantitative estimate of drug-likeness (QED) is 0.722. The highest BCUT2D eigenvalue weighted by Crippen LogP contribution is 2.15. The normalized spacial score (nSPS) is 10.7. The lowest BCUT2D eigenvalue weighted by Crippen LogP contribution is -2.14. The molecule has 5 heteroatoms. The van der Waals surface area contributed by atoms with Crippen LogP contribution in [0.4, 0.5) is 5.69 Å². The first-order valence-corrected chi connectivity index (χ1v) is 6.60. The third kappa shape index (κ3) is 2.72. The van der Waals surface area contributed by atoms with Crippen molar-refractivity contribution in [1.82, 2.24) is 9.97 Å². The summed E-state index contributed by atoms with van der Waals surface area (Å²) in [5, 5.41) is 0.589. The SMILES string of the molecule is Cc1cccc2c(=O)[nH]c(COc3ccc(N)cc3)nc12. The van der Waals surface area contributed by atoms with Crippen LogP contribution in [0.1, 0.15) is 11.4 Å². The molecule has 0 saturated carbocycles. The number of nitrogens with two attached hydrogens (primary N) is 1. The number of para-hydroxylation sites is 1. The van der Waals surface area contributed by atoms with E-state index in [0.717, 1.165) is 5.56 Å². The lowest BCUT2D eigenvalue weighted by Gasteiger charge is -2.07. The van der Waals surface area contributed by atoms with Crippen LogP contribution in [-0.4, -0.2) is 9.97 Å². The number of benzene rings is 2. The number of nitrogens with zero attached hydrogens (tertiary/aromatic N) is 1. The van der Waals surface area contributed by atoms with E-state index in [1.807, 2.05) is 19.1 Å². The molecule has 0 fully saturated rings.